The predicted octanol–water partition coefficient (Wildman–Crippen LogP) is 4.72. The number of likely N-dealkylation sites (N-methyl/N-ethyl adjacent to an activating group) is 1. The zero-order valence-electron chi connectivity index (χ0n) is 20.7. The molecule has 0 saturated carbocycles. The lowest BCUT2D eigenvalue weighted by Crippen LogP contribution is -2.50. The molecule has 5 rings (SSSR count). The van der Waals surface area contributed by atoms with Crippen molar-refractivity contribution in [3.63, 3.8) is 0 Å². The van der Waals surface area contributed by atoms with E-state index in [4.69, 9.17) is 4.74 Å². The molecule has 35 heavy (non-hydrogen) atoms. The van der Waals surface area contributed by atoms with Gasteiger partial charge in [-0.3, -0.25) is 9.69 Å². The van der Waals surface area contributed by atoms with Crippen molar-refractivity contribution in [2.75, 3.05) is 33.3 Å². The lowest BCUT2D eigenvalue weighted by atomic mass is 9.73. The number of benzene rings is 2. The molecule has 6 heteroatoms. The van der Waals surface area contributed by atoms with Gasteiger partial charge in [0.25, 0.3) is 0 Å². The van der Waals surface area contributed by atoms with Gasteiger partial charge in [0.2, 0.25) is 5.91 Å². The fourth-order valence-corrected chi connectivity index (χ4v) is 5.57. The summed E-state index contributed by atoms with van der Waals surface area (Å²) in [6.07, 6.45) is 9.76. The molecule has 0 radical (unpaired) electrons. The van der Waals surface area contributed by atoms with Crippen molar-refractivity contribution in [3.05, 3.63) is 78.1 Å². The van der Waals surface area contributed by atoms with Crippen LogP contribution in [0.25, 0.3) is 5.69 Å². The Morgan fingerprint density at radius 2 is 1.74 bits per heavy atom. The molecular weight excluding hydrogens is 436 g/mol. The Hall–Kier alpha value is -3.12. The van der Waals surface area contributed by atoms with Gasteiger partial charge in [-0.1, -0.05) is 36.8 Å². The van der Waals surface area contributed by atoms with Crippen LogP contribution in [0.1, 0.15) is 43.2 Å². The topological polar surface area (TPSA) is 50.6 Å². The first-order valence-electron chi connectivity index (χ1n) is 12.9. The first-order chi connectivity index (χ1) is 17.1. The Morgan fingerprint density at radius 3 is 2.51 bits per heavy atom. The number of para-hydroxylation sites is 1. The van der Waals surface area contributed by atoms with Gasteiger partial charge in [-0.2, -0.15) is 5.10 Å². The van der Waals surface area contributed by atoms with Crippen LogP contribution in [0, 0.1) is 5.41 Å². The highest BCUT2D eigenvalue weighted by molar-refractivity contribution is 5.82. The highest BCUT2D eigenvalue weighted by Crippen LogP contribution is 2.39. The third-order valence-corrected chi connectivity index (χ3v) is 7.73. The molecule has 6 nitrogen and oxygen atoms in total. The molecule has 0 aliphatic carbocycles. The Labute approximate surface area is 208 Å². The van der Waals surface area contributed by atoms with Crippen molar-refractivity contribution >= 4 is 5.91 Å². The van der Waals surface area contributed by atoms with Crippen molar-refractivity contribution in [2.24, 2.45) is 5.41 Å². The zero-order valence-corrected chi connectivity index (χ0v) is 20.7. The molecule has 3 heterocycles. The number of aromatic nitrogens is 2. The normalized spacial score (nSPS) is 19.5. The summed E-state index contributed by atoms with van der Waals surface area (Å²) in [6.45, 7) is 4.00. The molecule has 1 amide bonds. The van der Waals surface area contributed by atoms with E-state index in [1.807, 2.05) is 41.0 Å². The number of nitrogens with zero attached hydrogens (tertiary/aromatic N) is 4. The third kappa shape index (κ3) is 5.43. The summed E-state index contributed by atoms with van der Waals surface area (Å²) in [6, 6.07) is 18.9. The average molecular weight is 473 g/mol. The lowest BCUT2D eigenvalue weighted by molar-refractivity contribution is -0.145. The number of piperidine rings is 1. The van der Waals surface area contributed by atoms with E-state index in [1.54, 1.807) is 6.20 Å². The fraction of sp³-hybridized carbons (Fsp3) is 0.448. The second kappa shape index (κ2) is 10.6. The quantitative estimate of drug-likeness (QED) is 0.554. The van der Waals surface area contributed by atoms with Crippen LogP contribution in [0.3, 0.4) is 0 Å². The molecule has 2 aliphatic heterocycles. The number of likely N-dealkylation sites (tertiary alicyclic amines) is 1. The summed E-state index contributed by atoms with van der Waals surface area (Å²) >= 11 is 0. The van der Waals surface area contributed by atoms with Crippen LogP contribution < -0.4 is 4.74 Å². The largest absolute Gasteiger partial charge is 0.491 e. The molecule has 0 atom stereocenters. The zero-order chi connectivity index (χ0) is 24.1. The van der Waals surface area contributed by atoms with E-state index in [0.717, 1.165) is 69.6 Å². The molecule has 0 bridgehead atoms. The molecule has 3 aromatic rings. The second-order valence-corrected chi connectivity index (χ2v) is 10.1. The van der Waals surface area contributed by atoms with Crippen LogP contribution in [-0.4, -0.2) is 58.8 Å². The number of aryl methyl sites for hydroxylation is 1. The van der Waals surface area contributed by atoms with E-state index in [0.29, 0.717) is 19.1 Å². The van der Waals surface area contributed by atoms with Gasteiger partial charge < -0.3 is 9.64 Å². The minimum Gasteiger partial charge on any atom is -0.491 e. The first-order valence-corrected chi connectivity index (χ1v) is 12.9. The van der Waals surface area contributed by atoms with Crippen molar-refractivity contribution in [2.45, 2.75) is 45.1 Å². The van der Waals surface area contributed by atoms with Crippen LogP contribution in [0.4, 0.5) is 0 Å². The Balaban J connectivity index is 1.22. The number of rotatable bonds is 3. The highest BCUT2D eigenvalue weighted by atomic mass is 16.5. The van der Waals surface area contributed by atoms with E-state index >= 15 is 0 Å². The standard InChI is InChI=1S/C29H36N4O2/c1-31-21-22-35-27-9-3-2-7-25(27)8-4-5-14-29(28(31)34)15-19-32(20-16-29)23-24-10-12-26(13-11-24)33-18-6-17-30-33/h2-3,6-7,9-13,17-18H,4-5,8,14-16,19-23H2,1H3. The Morgan fingerprint density at radius 1 is 0.943 bits per heavy atom. The monoisotopic (exact) mass is 472 g/mol. The van der Waals surface area contributed by atoms with Crippen LogP contribution in [0.2, 0.25) is 0 Å². The number of hydrogen-bond donors (Lipinski definition) is 0. The van der Waals surface area contributed by atoms with Gasteiger partial charge in [0.05, 0.1) is 17.6 Å². The summed E-state index contributed by atoms with van der Waals surface area (Å²) in [5.41, 5.74) is 3.41. The van der Waals surface area contributed by atoms with Crippen LogP contribution in [0.5, 0.6) is 5.75 Å². The van der Waals surface area contributed by atoms with E-state index in [9.17, 15) is 4.79 Å². The second-order valence-electron chi connectivity index (χ2n) is 10.1. The van der Waals surface area contributed by atoms with Gasteiger partial charge in [0.15, 0.2) is 0 Å². The Kier molecular flexibility index (Phi) is 7.19. The molecule has 1 fully saturated rings. The van der Waals surface area contributed by atoms with Crippen LogP contribution in [0.15, 0.2) is 67.0 Å². The number of amides is 1. The van der Waals surface area contributed by atoms with Gasteiger partial charge in [0, 0.05) is 26.0 Å². The van der Waals surface area contributed by atoms with E-state index < -0.39 is 0 Å². The number of fused-ring (bicyclic) bond motifs is 1. The molecule has 1 saturated heterocycles. The first kappa shape index (κ1) is 23.6. The minimum atomic E-state index is -0.242. The minimum absolute atomic E-state index is 0.242. The summed E-state index contributed by atoms with van der Waals surface area (Å²) in [5, 5.41) is 4.30. The number of carbonyl (C=O) groups excluding carboxylic acids is 1. The number of carbonyl (C=O) groups is 1. The van der Waals surface area contributed by atoms with Crippen molar-refractivity contribution in [1.82, 2.24) is 19.6 Å². The SMILES string of the molecule is CN1CCOc2ccccc2CCCCC2(CCN(Cc3ccc(-n4cccn4)cc3)CC2)C1=O. The Bertz CT molecular complexity index is 1100. The molecule has 184 valence electrons. The molecule has 1 aromatic heterocycles. The number of hydrogen-bond acceptors (Lipinski definition) is 4. The molecule has 2 aliphatic rings. The van der Waals surface area contributed by atoms with Gasteiger partial charge in [-0.05, 0) is 80.6 Å². The molecule has 1 spiro atoms. The molecular formula is C29H36N4O2. The van der Waals surface area contributed by atoms with Crippen molar-refractivity contribution in [1.29, 1.82) is 0 Å². The lowest BCUT2D eigenvalue weighted by Gasteiger charge is -2.43. The summed E-state index contributed by atoms with van der Waals surface area (Å²) in [4.78, 5) is 18.0. The van der Waals surface area contributed by atoms with Gasteiger partial charge in [-0.15, -0.1) is 0 Å². The van der Waals surface area contributed by atoms with Gasteiger partial charge in [0.1, 0.15) is 12.4 Å². The van der Waals surface area contributed by atoms with Gasteiger partial charge >= 0.3 is 0 Å². The molecule has 0 unspecified atom stereocenters. The number of ether oxygens (including phenoxy) is 1. The molecule has 0 N–H and O–H groups in total. The maximum absolute atomic E-state index is 13.6. The van der Waals surface area contributed by atoms with Crippen molar-refractivity contribution in [3.8, 4) is 11.4 Å². The van der Waals surface area contributed by atoms with Crippen LogP contribution >= 0.6 is 0 Å². The van der Waals surface area contributed by atoms with E-state index in [1.165, 1.54) is 11.1 Å². The summed E-state index contributed by atoms with van der Waals surface area (Å²) < 4.78 is 7.94. The third-order valence-electron chi connectivity index (χ3n) is 7.73. The summed E-state index contributed by atoms with van der Waals surface area (Å²) in [5.74, 6) is 1.27. The van der Waals surface area contributed by atoms with Crippen molar-refractivity contribution < 1.29 is 9.53 Å². The van der Waals surface area contributed by atoms with E-state index in [2.05, 4.69) is 46.4 Å². The molecule has 2 aromatic carbocycles. The summed E-state index contributed by atoms with van der Waals surface area (Å²) in [7, 11) is 1.94. The maximum atomic E-state index is 13.6. The fourth-order valence-electron chi connectivity index (χ4n) is 5.57. The van der Waals surface area contributed by atoms with E-state index in [-0.39, 0.29) is 5.41 Å². The predicted molar refractivity (Wildman–Crippen MR) is 138 cm³/mol. The van der Waals surface area contributed by atoms with Crippen LogP contribution in [-0.2, 0) is 17.8 Å². The smallest absolute Gasteiger partial charge is 0.228 e. The average Bonchev–Trinajstić information content (AvgIpc) is 3.43. The highest BCUT2D eigenvalue weighted by Gasteiger charge is 2.42. The maximum Gasteiger partial charge on any atom is 0.228 e. The van der Waals surface area contributed by atoms with Gasteiger partial charge in [-0.25, -0.2) is 4.68 Å².